The Morgan fingerprint density at radius 3 is 2.60 bits per heavy atom. The Morgan fingerprint density at radius 2 is 2.20 bits per heavy atom. The van der Waals surface area contributed by atoms with Crippen LogP contribution in [0.2, 0.25) is 13.1 Å². The third-order valence-electron chi connectivity index (χ3n) is 1.06. The highest BCUT2D eigenvalue weighted by atomic mass is 28.4. The minimum absolute atomic E-state index is 0.518. The molecule has 0 aliphatic heterocycles. The highest BCUT2D eigenvalue weighted by Gasteiger charge is 2.20. The molecule has 0 atom stereocenters. The van der Waals surface area contributed by atoms with E-state index >= 15 is 0 Å². The first kappa shape index (κ1) is 9.56. The molecule has 0 aromatic heterocycles. The van der Waals surface area contributed by atoms with E-state index in [1.54, 1.807) is 0 Å². The van der Waals surface area contributed by atoms with Crippen LogP contribution in [-0.4, -0.2) is 27.2 Å². The van der Waals surface area contributed by atoms with Gasteiger partial charge in [-0.25, -0.2) is 9.79 Å². The maximum Gasteiger partial charge on any atom is 0.234 e. The summed E-state index contributed by atoms with van der Waals surface area (Å²) in [7, 11) is -1.65. The second-order valence-electron chi connectivity index (χ2n) is 2.60. The summed E-state index contributed by atoms with van der Waals surface area (Å²) in [6, 6.07) is 0. The molecule has 58 valence electrons. The van der Waals surface area contributed by atoms with Crippen molar-refractivity contribution in [3.63, 3.8) is 0 Å². The van der Waals surface area contributed by atoms with Gasteiger partial charge in [0.15, 0.2) is 0 Å². The Labute approximate surface area is 62.2 Å². The number of nitrogens with zero attached hydrogens (tertiary/aromatic N) is 1. The van der Waals surface area contributed by atoms with E-state index in [1.807, 2.05) is 20.0 Å². The zero-order valence-electron chi connectivity index (χ0n) is 6.68. The Hall–Kier alpha value is -0.443. The van der Waals surface area contributed by atoms with Crippen LogP contribution in [0.1, 0.15) is 6.92 Å². The fraction of sp³-hybridized carbons (Fsp3) is 0.833. The summed E-state index contributed by atoms with van der Waals surface area (Å²) in [5.41, 5.74) is 0. The second-order valence-corrected chi connectivity index (χ2v) is 6.72. The highest BCUT2D eigenvalue weighted by Crippen LogP contribution is 2.02. The van der Waals surface area contributed by atoms with E-state index in [1.165, 1.54) is 6.08 Å². The van der Waals surface area contributed by atoms with Crippen molar-refractivity contribution >= 4 is 14.4 Å². The maximum absolute atomic E-state index is 9.73. The Balaban J connectivity index is 3.73. The van der Waals surface area contributed by atoms with Crippen molar-refractivity contribution in [1.29, 1.82) is 0 Å². The molecule has 0 heterocycles. The molecule has 0 radical (unpaired) electrons. The molecular formula is C6H13NO2Si. The molecule has 4 heteroatoms. The standard InChI is InChI=1S/C6H13NO2Si/c1-4-9-10(2,3)6-7-5-8/h4,6H2,1-3H3. The van der Waals surface area contributed by atoms with Gasteiger partial charge in [0.1, 0.15) is 0 Å². The van der Waals surface area contributed by atoms with Crippen molar-refractivity contribution in [2.45, 2.75) is 20.0 Å². The largest absolute Gasteiger partial charge is 0.416 e. The highest BCUT2D eigenvalue weighted by molar-refractivity contribution is 6.71. The number of aliphatic imine (C=N–C) groups is 1. The van der Waals surface area contributed by atoms with E-state index in [4.69, 9.17) is 4.43 Å². The first-order chi connectivity index (χ1) is 4.62. The van der Waals surface area contributed by atoms with Gasteiger partial charge in [-0.3, -0.25) is 0 Å². The molecule has 0 unspecified atom stereocenters. The van der Waals surface area contributed by atoms with Crippen LogP contribution in [0.3, 0.4) is 0 Å². The van der Waals surface area contributed by atoms with Crippen molar-refractivity contribution in [3.8, 4) is 0 Å². The summed E-state index contributed by atoms with van der Waals surface area (Å²) in [5.74, 6) is 0. The first-order valence-electron chi connectivity index (χ1n) is 3.30. The zero-order chi connectivity index (χ0) is 8.04. The fourth-order valence-corrected chi connectivity index (χ4v) is 1.98. The van der Waals surface area contributed by atoms with Crippen LogP contribution in [0.15, 0.2) is 4.99 Å². The van der Waals surface area contributed by atoms with Crippen LogP contribution in [0.5, 0.6) is 0 Å². The molecule has 0 amide bonds. The Bertz CT molecular complexity index is 141. The molecular weight excluding hydrogens is 146 g/mol. The van der Waals surface area contributed by atoms with Crippen LogP contribution in [0.4, 0.5) is 0 Å². The third kappa shape index (κ3) is 4.44. The SMILES string of the molecule is CCO[Si](C)(C)CN=C=O. The molecule has 0 fully saturated rings. The summed E-state index contributed by atoms with van der Waals surface area (Å²) in [4.78, 5) is 13.2. The fourth-order valence-electron chi connectivity index (χ4n) is 0.659. The molecule has 0 aliphatic carbocycles. The Morgan fingerprint density at radius 1 is 1.60 bits per heavy atom. The summed E-state index contributed by atoms with van der Waals surface area (Å²) < 4.78 is 5.40. The van der Waals surface area contributed by atoms with Gasteiger partial charge in [0.25, 0.3) is 0 Å². The number of hydrogen-bond donors (Lipinski definition) is 0. The van der Waals surface area contributed by atoms with Crippen molar-refractivity contribution < 1.29 is 9.22 Å². The van der Waals surface area contributed by atoms with Crippen LogP contribution >= 0.6 is 0 Å². The molecule has 0 aromatic rings. The topological polar surface area (TPSA) is 38.7 Å². The van der Waals surface area contributed by atoms with E-state index in [9.17, 15) is 4.79 Å². The molecule has 0 aromatic carbocycles. The minimum atomic E-state index is -1.65. The molecule has 0 saturated carbocycles. The van der Waals surface area contributed by atoms with Gasteiger partial charge in [-0.2, -0.15) is 0 Å². The summed E-state index contributed by atoms with van der Waals surface area (Å²) in [5, 5.41) is 0. The summed E-state index contributed by atoms with van der Waals surface area (Å²) in [6.07, 6.45) is 2.03. The zero-order valence-corrected chi connectivity index (χ0v) is 7.68. The van der Waals surface area contributed by atoms with Crippen LogP contribution in [-0.2, 0) is 9.22 Å². The lowest BCUT2D eigenvalue weighted by atomic mass is 10.9. The number of hydrogen-bond acceptors (Lipinski definition) is 3. The lowest BCUT2D eigenvalue weighted by Gasteiger charge is -2.17. The summed E-state index contributed by atoms with van der Waals surface area (Å²) in [6.45, 7) is 6.70. The van der Waals surface area contributed by atoms with Gasteiger partial charge < -0.3 is 4.43 Å². The van der Waals surface area contributed by atoms with Crippen molar-refractivity contribution in [3.05, 3.63) is 0 Å². The van der Waals surface area contributed by atoms with Crippen molar-refractivity contribution in [1.82, 2.24) is 0 Å². The average molecular weight is 159 g/mol. The monoisotopic (exact) mass is 159 g/mol. The lowest BCUT2D eigenvalue weighted by molar-refractivity contribution is 0.330. The maximum atomic E-state index is 9.73. The molecule has 0 spiro atoms. The van der Waals surface area contributed by atoms with E-state index in [-0.39, 0.29) is 0 Å². The minimum Gasteiger partial charge on any atom is -0.416 e. The van der Waals surface area contributed by atoms with Crippen LogP contribution in [0.25, 0.3) is 0 Å². The van der Waals surface area contributed by atoms with Crippen LogP contribution < -0.4 is 0 Å². The average Bonchev–Trinajstić information content (AvgIpc) is 1.84. The number of carbonyl (C=O) groups excluding carboxylic acids is 1. The summed E-state index contributed by atoms with van der Waals surface area (Å²) >= 11 is 0. The normalized spacial score (nSPS) is 10.7. The van der Waals surface area contributed by atoms with E-state index < -0.39 is 8.32 Å². The molecule has 10 heavy (non-hydrogen) atoms. The van der Waals surface area contributed by atoms with Gasteiger partial charge in [0.2, 0.25) is 14.4 Å². The van der Waals surface area contributed by atoms with Crippen molar-refractivity contribution in [2.75, 3.05) is 12.8 Å². The molecule has 0 aliphatic rings. The third-order valence-corrected chi connectivity index (χ3v) is 3.05. The van der Waals surface area contributed by atoms with Gasteiger partial charge in [0.05, 0.1) is 6.17 Å². The van der Waals surface area contributed by atoms with E-state index in [0.29, 0.717) is 12.8 Å². The predicted molar refractivity (Wildman–Crippen MR) is 42.1 cm³/mol. The van der Waals surface area contributed by atoms with E-state index in [0.717, 1.165) is 0 Å². The predicted octanol–water partition coefficient (Wildman–Crippen LogP) is 1.10. The number of isocyanates is 1. The quantitative estimate of drug-likeness (QED) is 0.350. The van der Waals surface area contributed by atoms with E-state index in [2.05, 4.69) is 4.99 Å². The smallest absolute Gasteiger partial charge is 0.234 e. The number of rotatable bonds is 4. The van der Waals surface area contributed by atoms with Gasteiger partial charge in [-0.05, 0) is 20.0 Å². The van der Waals surface area contributed by atoms with Gasteiger partial charge >= 0.3 is 0 Å². The molecule has 0 saturated heterocycles. The molecule has 0 rings (SSSR count). The lowest BCUT2D eigenvalue weighted by Crippen LogP contribution is -2.34. The van der Waals surface area contributed by atoms with Gasteiger partial charge in [0, 0.05) is 6.61 Å². The van der Waals surface area contributed by atoms with Gasteiger partial charge in [-0.15, -0.1) is 0 Å². The second kappa shape index (κ2) is 4.38. The first-order valence-corrected chi connectivity index (χ1v) is 6.41. The van der Waals surface area contributed by atoms with Crippen LogP contribution in [0, 0.1) is 0 Å². The van der Waals surface area contributed by atoms with Crippen molar-refractivity contribution in [2.24, 2.45) is 4.99 Å². The van der Waals surface area contributed by atoms with Gasteiger partial charge in [-0.1, -0.05) is 0 Å². The Kier molecular flexibility index (Phi) is 4.19. The molecule has 0 bridgehead atoms. The molecule has 0 N–H and O–H groups in total. The molecule has 3 nitrogen and oxygen atoms in total.